The Hall–Kier alpha value is -0.780. The second-order valence-electron chi connectivity index (χ2n) is 3.58. The summed E-state index contributed by atoms with van der Waals surface area (Å²) < 4.78 is 27.3. The Bertz CT molecular complexity index is 320. The molecule has 2 heterocycles. The van der Waals surface area contributed by atoms with Crippen LogP contribution in [0.3, 0.4) is 0 Å². The lowest BCUT2D eigenvalue weighted by molar-refractivity contribution is 0.0487. The van der Waals surface area contributed by atoms with Crippen LogP contribution in [-0.4, -0.2) is 38.2 Å². The molecule has 0 atom stereocenters. The molecule has 0 aromatic heterocycles. The molecule has 1 spiro atoms. The van der Waals surface area contributed by atoms with Crippen LogP contribution < -0.4 is 5.32 Å². The number of rotatable bonds is 0. The highest BCUT2D eigenvalue weighted by Crippen LogP contribution is 2.29. The van der Waals surface area contributed by atoms with E-state index >= 15 is 0 Å². The molecule has 1 N–H and O–H groups in total. The van der Waals surface area contributed by atoms with Crippen LogP contribution in [0.5, 0.6) is 0 Å². The summed E-state index contributed by atoms with van der Waals surface area (Å²) in [6.45, 7) is 0.446. The predicted molar refractivity (Wildman–Crippen MR) is 45.1 cm³/mol. The Morgan fingerprint density at radius 3 is 2.38 bits per heavy atom. The molecule has 2 rings (SSSR count). The highest BCUT2D eigenvalue weighted by atomic mass is 32.2. The summed E-state index contributed by atoms with van der Waals surface area (Å²) in [5, 5.41) is 2.55. The van der Waals surface area contributed by atoms with Gasteiger partial charge in [-0.05, 0) is 0 Å². The van der Waals surface area contributed by atoms with Crippen molar-refractivity contribution in [1.29, 1.82) is 0 Å². The molecule has 13 heavy (non-hydrogen) atoms. The third-order valence-corrected chi connectivity index (χ3v) is 4.25. The molecule has 2 fully saturated rings. The topological polar surface area (TPSA) is 72.5 Å². The number of amides is 1. The minimum atomic E-state index is -2.88. The molecule has 0 aromatic carbocycles. The van der Waals surface area contributed by atoms with Crippen LogP contribution >= 0.6 is 0 Å². The Morgan fingerprint density at radius 2 is 1.92 bits per heavy atom. The molecule has 0 bridgehead atoms. The van der Waals surface area contributed by atoms with Crippen LogP contribution in [0, 0.1) is 0 Å². The van der Waals surface area contributed by atoms with Gasteiger partial charge in [-0.25, -0.2) is 13.2 Å². The molecule has 6 heteroatoms. The number of ether oxygens (including phenoxy) is 1. The summed E-state index contributed by atoms with van der Waals surface area (Å²) in [6.07, 6.45) is 0.418. The van der Waals surface area contributed by atoms with Gasteiger partial charge in [0.2, 0.25) is 0 Å². The van der Waals surface area contributed by atoms with Crippen molar-refractivity contribution in [3.05, 3.63) is 0 Å². The third-order valence-electron chi connectivity index (χ3n) is 2.60. The van der Waals surface area contributed by atoms with Gasteiger partial charge in [-0.2, -0.15) is 0 Å². The fourth-order valence-electron chi connectivity index (χ4n) is 1.69. The Morgan fingerprint density at radius 1 is 1.31 bits per heavy atom. The molecule has 5 nitrogen and oxygen atoms in total. The number of carbonyl (C=O) groups excluding carboxylic acids is 1. The fraction of sp³-hybridized carbons (Fsp3) is 0.857. The van der Waals surface area contributed by atoms with Crippen LogP contribution in [0.25, 0.3) is 0 Å². The normalized spacial score (nSPS) is 29.7. The number of sulfone groups is 1. The zero-order valence-corrected chi connectivity index (χ0v) is 7.89. The molecule has 2 aliphatic heterocycles. The van der Waals surface area contributed by atoms with Crippen molar-refractivity contribution in [2.75, 3.05) is 18.1 Å². The highest BCUT2D eigenvalue weighted by molar-refractivity contribution is 7.91. The van der Waals surface area contributed by atoms with Crippen molar-refractivity contribution in [3.63, 3.8) is 0 Å². The minimum Gasteiger partial charge on any atom is -0.441 e. The lowest BCUT2D eigenvalue weighted by Gasteiger charge is -2.29. The zero-order chi connectivity index (χ0) is 9.53. The lowest BCUT2D eigenvalue weighted by atomic mass is 9.97. The average molecular weight is 205 g/mol. The van der Waals surface area contributed by atoms with Gasteiger partial charge in [0.1, 0.15) is 5.60 Å². The van der Waals surface area contributed by atoms with Crippen molar-refractivity contribution in [1.82, 2.24) is 5.32 Å². The van der Waals surface area contributed by atoms with Crippen LogP contribution in [0.1, 0.15) is 12.8 Å². The van der Waals surface area contributed by atoms with Gasteiger partial charge >= 0.3 is 6.09 Å². The van der Waals surface area contributed by atoms with Gasteiger partial charge in [0, 0.05) is 12.8 Å². The first-order valence-electron chi connectivity index (χ1n) is 4.19. The number of hydrogen-bond donors (Lipinski definition) is 1. The molecule has 0 radical (unpaired) electrons. The Kier molecular flexibility index (Phi) is 1.76. The summed E-state index contributed by atoms with van der Waals surface area (Å²) in [5.41, 5.74) is -0.539. The number of carbonyl (C=O) groups is 1. The molecule has 0 unspecified atom stereocenters. The second kappa shape index (κ2) is 2.60. The van der Waals surface area contributed by atoms with E-state index in [0.29, 0.717) is 19.4 Å². The van der Waals surface area contributed by atoms with Crippen LogP contribution in [0.2, 0.25) is 0 Å². The zero-order valence-electron chi connectivity index (χ0n) is 7.08. The standard InChI is InChI=1S/C7H11NO4S/c9-6-8-5-7(12-6)1-3-13(10,11)4-2-7/h1-5H2,(H,8,9). The summed E-state index contributed by atoms with van der Waals surface area (Å²) in [4.78, 5) is 10.8. The second-order valence-corrected chi connectivity index (χ2v) is 5.88. The maximum atomic E-state index is 11.1. The van der Waals surface area contributed by atoms with Crippen molar-refractivity contribution in [3.8, 4) is 0 Å². The summed E-state index contributed by atoms with van der Waals surface area (Å²) in [6, 6.07) is 0. The van der Waals surface area contributed by atoms with Gasteiger partial charge in [0.05, 0.1) is 18.1 Å². The highest BCUT2D eigenvalue weighted by Gasteiger charge is 2.44. The molecule has 1 amide bonds. The lowest BCUT2D eigenvalue weighted by Crippen LogP contribution is -2.42. The predicted octanol–water partition coefficient (Wildman–Crippen LogP) is -0.326. The van der Waals surface area contributed by atoms with Crippen molar-refractivity contribution in [2.45, 2.75) is 18.4 Å². The Balaban J connectivity index is 2.09. The fourth-order valence-corrected chi connectivity index (χ4v) is 3.26. The molecule has 74 valence electrons. The van der Waals surface area contributed by atoms with E-state index in [1.165, 1.54) is 0 Å². The van der Waals surface area contributed by atoms with Crippen molar-refractivity contribution in [2.24, 2.45) is 0 Å². The minimum absolute atomic E-state index is 0.127. The molecular weight excluding hydrogens is 194 g/mol. The van der Waals surface area contributed by atoms with Gasteiger partial charge in [-0.1, -0.05) is 0 Å². The molecule has 0 saturated carbocycles. The first-order chi connectivity index (χ1) is 6.02. The third kappa shape index (κ3) is 1.63. The van der Waals surface area contributed by atoms with E-state index in [9.17, 15) is 13.2 Å². The number of alkyl carbamates (subject to hydrolysis) is 1. The van der Waals surface area contributed by atoms with Gasteiger partial charge in [-0.15, -0.1) is 0 Å². The van der Waals surface area contributed by atoms with E-state index in [-0.39, 0.29) is 11.5 Å². The van der Waals surface area contributed by atoms with E-state index < -0.39 is 21.5 Å². The first-order valence-corrected chi connectivity index (χ1v) is 6.01. The van der Waals surface area contributed by atoms with Crippen LogP contribution in [0.15, 0.2) is 0 Å². The molecule has 0 aliphatic carbocycles. The summed E-state index contributed by atoms with van der Waals surface area (Å²) in [7, 11) is -2.88. The van der Waals surface area contributed by atoms with Gasteiger partial charge < -0.3 is 10.1 Å². The van der Waals surface area contributed by atoms with Crippen molar-refractivity contribution >= 4 is 15.9 Å². The van der Waals surface area contributed by atoms with Gasteiger partial charge in [0.25, 0.3) is 0 Å². The molecule has 2 saturated heterocycles. The van der Waals surface area contributed by atoms with E-state index in [4.69, 9.17) is 4.74 Å². The molecule has 2 aliphatic rings. The first kappa shape index (κ1) is 8.80. The smallest absolute Gasteiger partial charge is 0.407 e. The SMILES string of the molecule is O=C1NCC2(CCS(=O)(=O)CC2)O1. The van der Waals surface area contributed by atoms with Gasteiger partial charge in [0.15, 0.2) is 9.84 Å². The summed E-state index contributed by atoms with van der Waals surface area (Å²) >= 11 is 0. The number of nitrogens with one attached hydrogen (secondary N) is 1. The van der Waals surface area contributed by atoms with Crippen LogP contribution in [-0.2, 0) is 14.6 Å². The van der Waals surface area contributed by atoms with E-state index in [0.717, 1.165) is 0 Å². The maximum Gasteiger partial charge on any atom is 0.407 e. The molecule has 0 aromatic rings. The largest absolute Gasteiger partial charge is 0.441 e. The Labute approximate surface area is 76.4 Å². The quantitative estimate of drug-likeness (QED) is 0.588. The van der Waals surface area contributed by atoms with E-state index in [2.05, 4.69) is 5.32 Å². The van der Waals surface area contributed by atoms with E-state index in [1.807, 2.05) is 0 Å². The molecular formula is C7H11NO4S. The van der Waals surface area contributed by atoms with E-state index in [1.54, 1.807) is 0 Å². The van der Waals surface area contributed by atoms with Crippen molar-refractivity contribution < 1.29 is 17.9 Å². The van der Waals surface area contributed by atoms with Crippen LogP contribution in [0.4, 0.5) is 4.79 Å². The summed E-state index contributed by atoms with van der Waals surface area (Å²) in [5.74, 6) is 0.254. The average Bonchev–Trinajstić information content (AvgIpc) is 2.41. The monoisotopic (exact) mass is 205 g/mol. The van der Waals surface area contributed by atoms with Gasteiger partial charge in [-0.3, -0.25) is 0 Å². The number of hydrogen-bond acceptors (Lipinski definition) is 4. The maximum absolute atomic E-state index is 11.1.